The topological polar surface area (TPSA) is 29.3 Å². The minimum absolute atomic E-state index is 0.0951. The molecular weight excluding hydrogens is 196 g/mol. The molecular formula is C14H24N2. The van der Waals surface area contributed by atoms with Crippen molar-refractivity contribution in [1.82, 2.24) is 0 Å². The molecule has 2 nitrogen and oxygen atoms in total. The lowest BCUT2D eigenvalue weighted by atomic mass is 10.1. The van der Waals surface area contributed by atoms with Crippen molar-refractivity contribution in [3.05, 3.63) is 29.8 Å². The van der Waals surface area contributed by atoms with Gasteiger partial charge in [-0.1, -0.05) is 32.0 Å². The molecule has 1 rings (SSSR count). The molecule has 2 heteroatoms. The summed E-state index contributed by atoms with van der Waals surface area (Å²) in [7, 11) is 2.14. The van der Waals surface area contributed by atoms with Crippen molar-refractivity contribution < 1.29 is 0 Å². The second-order valence-electron chi connectivity index (χ2n) is 4.95. The number of hydrogen-bond donors (Lipinski definition) is 1. The first-order valence-corrected chi connectivity index (χ1v) is 6.08. The Morgan fingerprint density at radius 3 is 2.38 bits per heavy atom. The second-order valence-corrected chi connectivity index (χ2v) is 4.95. The SMILES string of the molecule is CC(C)CCN(C)c1ccccc1C(C)N. The summed E-state index contributed by atoms with van der Waals surface area (Å²) in [5, 5.41) is 0. The van der Waals surface area contributed by atoms with Gasteiger partial charge in [0.1, 0.15) is 0 Å². The summed E-state index contributed by atoms with van der Waals surface area (Å²) in [6, 6.07) is 8.49. The highest BCUT2D eigenvalue weighted by Gasteiger charge is 2.09. The van der Waals surface area contributed by atoms with Gasteiger partial charge >= 0.3 is 0 Å². The molecule has 0 amide bonds. The molecule has 0 radical (unpaired) electrons. The summed E-state index contributed by atoms with van der Waals surface area (Å²) in [6.45, 7) is 7.63. The lowest BCUT2D eigenvalue weighted by Gasteiger charge is -2.24. The highest BCUT2D eigenvalue weighted by molar-refractivity contribution is 5.54. The van der Waals surface area contributed by atoms with Gasteiger partial charge in [-0.3, -0.25) is 0 Å². The minimum Gasteiger partial charge on any atom is -0.374 e. The minimum atomic E-state index is 0.0951. The van der Waals surface area contributed by atoms with Crippen molar-refractivity contribution >= 4 is 5.69 Å². The van der Waals surface area contributed by atoms with E-state index < -0.39 is 0 Å². The van der Waals surface area contributed by atoms with Crippen LogP contribution in [0.2, 0.25) is 0 Å². The van der Waals surface area contributed by atoms with E-state index in [1.54, 1.807) is 0 Å². The van der Waals surface area contributed by atoms with Crippen LogP contribution in [0.1, 0.15) is 38.8 Å². The first-order chi connectivity index (χ1) is 7.52. The van der Waals surface area contributed by atoms with Gasteiger partial charge in [-0.05, 0) is 30.9 Å². The summed E-state index contributed by atoms with van der Waals surface area (Å²) >= 11 is 0. The van der Waals surface area contributed by atoms with Gasteiger partial charge in [0, 0.05) is 25.3 Å². The zero-order valence-corrected chi connectivity index (χ0v) is 10.9. The van der Waals surface area contributed by atoms with Crippen LogP contribution in [-0.2, 0) is 0 Å². The third-order valence-electron chi connectivity index (χ3n) is 2.88. The Kier molecular flexibility index (Phi) is 4.81. The highest BCUT2D eigenvalue weighted by Crippen LogP contribution is 2.24. The molecule has 0 aliphatic rings. The summed E-state index contributed by atoms with van der Waals surface area (Å²) in [5.41, 5.74) is 8.47. The van der Waals surface area contributed by atoms with E-state index in [0.717, 1.165) is 12.5 Å². The number of rotatable bonds is 5. The quantitative estimate of drug-likeness (QED) is 0.825. The zero-order chi connectivity index (χ0) is 12.1. The zero-order valence-electron chi connectivity index (χ0n) is 10.9. The molecule has 0 aliphatic carbocycles. The van der Waals surface area contributed by atoms with Crippen LogP contribution in [0.4, 0.5) is 5.69 Å². The molecule has 16 heavy (non-hydrogen) atoms. The highest BCUT2D eigenvalue weighted by atomic mass is 15.1. The monoisotopic (exact) mass is 220 g/mol. The van der Waals surface area contributed by atoms with E-state index in [4.69, 9.17) is 5.73 Å². The first kappa shape index (κ1) is 13.0. The molecule has 0 aliphatic heterocycles. The Morgan fingerprint density at radius 2 is 1.81 bits per heavy atom. The van der Waals surface area contributed by atoms with Crippen molar-refractivity contribution in [1.29, 1.82) is 0 Å². The molecule has 0 saturated carbocycles. The average Bonchev–Trinajstić information content (AvgIpc) is 2.25. The fraction of sp³-hybridized carbons (Fsp3) is 0.571. The Morgan fingerprint density at radius 1 is 1.19 bits per heavy atom. The summed E-state index contributed by atoms with van der Waals surface area (Å²) in [5.74, 6) is 0.741. The van der Waals surface area contributed by atoms with Gasteiger partial charge in [0.15, 0.2) is 0 Å². The molecule has 1 aromatic carbocycles. The number of para-hydroxylation sites is 1. The molecule has 2 N–H and O–H groups in total. The van der Waals surface area contributed by atoms with Gasteiger partial charge in [-0.25, -0.2) is 0 Å². The largest absolute Gasteiger partial charge is 0.374 e. The fourth-order valence-corrected chi connectivity index (χ4v) is 1.79. The molecule has 0 spiro atoms. The maximum Gasteiger partial charge on any atom is 0.0411 e. The van der Waals surface area contributed by atoms with Gasteiger partial charge in [-0.2, -0.15) is 0 Å². The maximum absolute atomic E-state index is 5.98. The normalized spacial score (nSPS) is 12.9. The van der Waals surface area contributed by atoms with Crippen LogP contribution in [0.25, 0.3) is 0 Å². The first-order valence-electron chi connectivity index (χ1n) is 6.08. The third-order valence-corrected chi connectivity index (χ3v) is 2.88. The lowest BCUT2D eigenvalue weighted by molar-refractivity contribution is 0.584. The molecule has 0 saturated heterocycles. The van der Waals surface area contributed by atoms with Crippen LogP contribution in [0.5, 0.6) is 0 Å². The predicted molar refractivity (Wildman–Crippen MR) is 71.8 cm³/mol. The van der Waals surface area contributed by atoms with Crippen LogP contribution in [0.3, 0.4) is 0 Å². The standard InChI is InChI=1S/C14H24N2/c1-11(2)9-10-16(4)14-8-6-5-7-13(14)12(3)15/h5-8,11-12H,9-10,15H2,1-4H3. The van der Waals surface area contributed by atoms with Crippen molar-refractivity contribution in [2.45, 2.75) is 33.2 Å². The Balaban J connectivity index is 2.77. The van der Waals surface area contributed by atoms with Crippen molar-refractivity contribution in [2.75, 3.05) is 18.5 Å². The van der Waals surface area contributed by atoms with E-state index in [2.05, 4.69) is 50.1 Å². The second kappa shape index (κ2) is 5.90. The van der Waals surface area contributed by atoms with Crippen LogP contribution in [0, 0.1) is 5.92 Å². The van der Waals surface area contributed by atoms with E-state index in [1.165, 1.54) is 17.7 Å². The van der Waals surface area contributed by atoms with Crippen molar-refractivity contribution in [2.24, 2.45) is 11.7 Å². The molecule has 1 aromatic rings. The van der Waals surface area contributed by atoms with E-state index in [1.807, 2.05) is 6.92 Å². The van der Waals surface area contributed by atoms with E-state index in [0.29, 0.717) is 0 Å². The van der Waals surface area contributed by atoms with Gasteiger partial charge in [0.25, 0.3) is 0 Å². The third kappa shape index (κ3) is 3.53. The molecule has 0 heterocycles. The number of anilines is 1. The summed E-state index contributed by atoms with van der Waals surface area (Å²) in [6.07, 6.45) is 1.21. The van der Waals surface area contributed by atoms with Crippen LogP contribution >= 0.6 is 0 Å². The fourth-order valence-electron chi connectivity index (χ4n) is 1.79. The molecule has 0 aromatic heterocycles. The Bertz CT molecular complexity index is 318. The van der Waals surface area contributed by atoms with Gasteiger partial charge in [0.2, 0.25) is 0 Å². The number of hydrogen-bond acceptors (Lipinski definition) is 2. The lowest BCUT2D eigenvalue weighted by Crippen LogP contribution is -2.22. The Labute approximate surface area is 99.5 Å². The van der Waals surface area contributed by atoms with E-state index >= 15 is 0 Å². The number of nitrogens with two attached hydrogens (primary N) is 1. The van der Waals surface area contributed by atoms with Gasteiger partial charge in [0.05, 0.1) is 0 Å². The van der Waals surface area contributed by atoms with Crippen LogP contribution < -0.4 is 10.6 Å². The Hall–Kier alpha value is -1.02. The summed E-state index contributed by atoms with van der Waals surface area (Å²) < 4.78 is 0. The molecule has 1 atom stereocenters. The maximum atomic E-state index is 5.98. The van der Waals surface area contributed by atoms with E-state index in [-0.39, 0.29) is 6.04 Å². The van der Waals surface area contributed by atoms with Crippen molar-refractivity contribution in [3.63, 3.8) is 0 Å². The number of benzene rings is 1. The van der Waals surface area contributed by atoms with Crippen LogP contribution in [0.15, 0.2) is 24.3 Å². The van der Waals surface area contributed by atoms with Crippen molar-refractivity contribution in [3.8, 4) is 0 Å². The average molecular weight is 220 g/mol. The van der Waals surface area contributed by atoms with Gasteiger partial charge < -0.3 is 10.6 Å². The molecule has 0 bridgehead atoms. The van der Waals surface area contributed by atoms with E-state index in [9.17, 15) is 0 Å². The molecule has 90 valence electrons. The van der Waals surface area contributed by atoms with Gasteiger partial charge in [-0.15, -0.1) is 0 Å². The summed E-state index contributed by atoms with van der Waals surface area (Å²) in [4.78, 5) is 2.30. The predicted octanol–water partition coefficient (Wildman–Crippen LogP) is 3.19. The van der Waals surface area contributed by atoms with Crippen LogP contribution in [-0.4, -0.2) is 13.6 Å². The number of nitrogens with zero attached hydrogens (tertiary/aromatic N) is 1. The smallest absolute Gasteiger partial charge is 0.0411 e. The molecule has 1 unspecified atom stereocenters. The molecule has 0 fully saturated rings.